The lowest BCUT2D eigenvalue weighted by Crippen LogP contribution is -2.47. The Morgan fingerprint density at radius 2 is 0.865 bits per heavy atom. The van der Waals surface area contributed by atoms with Crippen molar-refractivity contribution in [3.8, 4) is 22.3 Å². The van der Waals surface area contributed by atoms with Crippen LogP contribution >= 0.6 is 0 Å². The zero-order valence-corrected chi connectivity index (χ0v) is 42.1. The van der Waals surface area contributed by atoms with Crippen molar-refractivity contribution >= 4 is 35.1 Å². The van der Waals surface area contributed by atoms with Crippen LogP contribution in [0.5, 0.6) is 0 Å². The van der Waals surface area contributed by atoms with Crippen LogP contribution in [0.4, 0.5) is 0 Å². The van der Waals surface area contributed by atoms with Crippen LogP contribution in [0, 0.1) is 0 Å². The fourth-order valence-electron chi connectivity index (χ4n) is 9.65. The van der Waals surface area contributed by atoms with Gasteiger partial charge in [0.2, 0.25) is 23.6 Å². The summed E-state index contributed by atoms with van der Waals surface area (Å²) in [4.78, 5) is 80.9. The molecule has 0 radical (unpaired) electrons. The number of hydrogen-bond acceptors (Lipinski definition) is 16. The zero-order valence-electron chi connectivity index (χ0n) is 42.1. The summed E-state index contributed by atoms with van der Waals surface area (Å²) in [6.07, 6.45) is 0.940. The average Bonchev–Trinajstić information content (AvgIpc) is 4.27. The van der Waals surface area contributed by atoms with Gasteiger partial charge in [-0.15, -0.1) is 0 Å². The highest BCUT2D eigenvalue weighted by atomic mass is 16.6. The molecule has 4 aliphatic rings. The molecule has 4 aliphatic heterocycles. The lowest BCUT2D eigenvalue weighted by atomic mass is 10.0. The number of rotatable bonds is 12. The molecule has 384 valence electrons. The van der Waals surface area contributed by atoms with E-state index in [0.717, 1.165) is 59.9 Å². The molecule has 2 atom stereocenters. The maximum atomic E-state index is 13.5. The van der Waals surface area contributed by atoms with Crippen molar-refractivity contribution in [2.45, 2.75) is 51.9 Å². The molecule has 6 aromatic rings. The predicted molar refractivity (Wildman–Crippen MR) is 273 cm³/mol. The van der Waals surface area contributed by atoms with Crippen molar-refractivity contribution in [2.75, 3.05) is 79.7 Å². The minimum absolute atomic E-state index is 0.0916. The van der Waals surface area contributed by atoms with Gasteiger partial charge in [-0.3, -0.25) is 29.0 Å². The highest BCUT2D eigenvalue weighted by Crippen LogP contribution is 2.33. The molecular formula is C54H60N12O8. The highest BCUT2D eigenvalue weighted by Gasteiger charge is 2.40. The van der Waals surface area contributed by atoms with Gasteiger partial charge in [0.05, 0.1) is 37.6 Å². The average molecular weight is 1010 g/mol. The molecular weight excluding hydrogens is 945 g/mol. The van der Waals surface area contributed by atoms with Crippen molar-refractivity contribution in [3.05, 3.63) is 144 Å². The van der Waals surface area contributed by atoms with E-state index in [0.29, 0.717) is 99.8 Å². The minimum Gasteiger partial charge on any atom is -0.399 e. The number of nitrogens with zero attached hydrogens (tertiary/aromatic N) is 12. The molecule has 20 heteroatoms. The summed E-state index contributed by atoms with van der Waals surface area (Å²) in [5.41, 5.74) is 6.93. The van der Waals surface area contributed by atoms with Crippen LogP contribution < -0.4 is 0 Å². The van der Waals surface area contributed by atoms with E-state index < -0.39 is 12.1 Å². The highest BCUT2D eigenvalue weighted by molar-refractivity contribution is 6.01. The van der Waals surface area contributed by atoms with Crippen molar-refractivity contribution in [3.63, 3.8) is 0 Å². The van der Waals surface area contributed by atoms with E-state index in [1.807, 2.05) is 119 Å². The van der Waals surface area contributed by atoms with Crippen molar-refractivity contribution in [1.82, 2.24) is 49.7 Å². The molecule has 10 rings (SSSR count). The van der Waals surface area contributed by atoms with Gasteiger partial charge in [0, 0.05) is 90.2 Å². The van der Waals surface area contributed by atoms with Crippen molar-refractivity contribution < 1.29 is 37.9 Å². The first-order valence-electron chi connectivity index (χ1n) is 24.7. The van der Waals surface area contributed by atoms with E-state index in [1.165, 1.54) is 14.2 Å². The fourth-order valence-corrected chi connectivity index (χ4v) is 9.65. The largest absolute Gasteiger partial charge is 0.399 e. The molecule has 4 aromatic carbocycles. The van der Waals surface area contributed by atoms with E-state index in [9.17, 15) is 19.2 Å². The van der Waals surface area contributed by atoms with Crippen LogP contribution in [0.2, 0.25) is 0 Å². The monoisotopic (exact) mass is 1000 g/mol. The summed E-state index contributed by atoms with van der Waals surface area (Å²) < 4.78 is 11.1. The van der Waals surface area contributed by atoms with E-state index in [2.05, 4.69) is 40.4 Å². The number of aromatic nitrogens is 4. The quantitative estimate of drug-likeness (QED) is 0.129. The molecule has 2 aromatic heterocycles. The summed E-state index contributed by atoms with van der Waals surface area (Å²) in [6.45, 7) is 10.5. The van der Waals surface area contributed by atoms with Gasteiger partial charge in [-0.25, -0.2) is 0 Å². The van der Waals surface area contributed by atoms with E-state index in [4.69, 9.17) is 18.7 Å². The molecule has 74 heavy (non-hydrogen) atoms. The zero-order chi connectivity index (χ0) is 51.6. The van der Waals surface area contributed by atoms with Crippen LogP contribution in [-0.2, 0) is 32.4 Å². The molecule has 0 N–H and O–H groups in total. The Bertz CT molecular complexity index is 2730. The number of likely N-dealkylation sites (tertiary alicyclic amines) is 2. The Hall–Kier alpha value is -8.10. The van der Waals surface area contributed by atoms with Crippen molar-refractivity contribution in [1.29, 1.82) is 0 Å². The molecule has 0 spiro atoms. The molecule has 0 saturated carbocycles. The second-order valence-electron chi connectivity index (χ2n) is 18.5. The maximum absolute atomic E-state index is 13.5. The number of oxime groups is 2. The van der Waals surface area contributed by atoms with Gasteiger partial charge >= 0.3 is 0 Å². The second-order valence-corrected chi connectivity index (χ2v) is 18.5. The van der Waals surface area contributed by atoms with Gasteiger partial charge in [0.1, 0.15) is 26.3 Å². The topological polar surface area (TPSA) is 209 Å². The Morgan fingerprint density at radius 3 is 1.20 bits per heavy atom. The summed E-state index contributed by atoms with van der Waals surface area (Å²) >= 11 is 0. The lowest BCUT2D eigenvalue weighted by Gasteiger charge is -2.33. The summed E-state index contributed by atoms with van der Waals surface area (Å²) in [5.74, 6) is 1.81. The number of piperazine rings is 2. The SMILES string of the molecule is CO/N=C1/C[C@@H](c2noc(CN3CCN(C(C)=O)CC3)n2)N(C(=O)c2ccc(-c3ccccc3)cc2)C1.CON=C1C[C@@H](c2noc(CN3CCN(C(C)=O)CC3)n2)N(C(=O)c2ccc(-c3ccccc3)cc2)C1. The van der Waals surface area contributed by atoms with Crippen LogP contribution in [0.15, 0.2) is 129 Å². The number of carbonyl (C=O) groups excluding carboxylic acids is 4. The molecule has 4 amide bonds. The number of carbonyl (C=O) groups is 4. The van der Waals surface area contributed by atoms with Crippen LogP contribution in [0.3, 0.4) is 0 Å². The number of amides is 4. The fraction of sp³-hybridized carbons (Fsp3) is 0.370. The molecule has 20 nitrogen and oxygen atoms in total. The van der Waals surface area contributed by atoms with Gasteiger partial charge in [-0.2, -0.15) is 9.97 Å². The molecule has 0 bridgehead atoms. The van der Waals surface area contributed by atoms with Gasteiger partial charge in [-0.05, 0) is 46.5 Å². The van der Waals surface area contributed by atoms with Crippen molar-refractivity contribution in [2.24, 2.45) is 10.3 Å². The van der Waals surface area contributed by atoms with Crippen LogP contribution in [0.1, 0.15) is 82.9 Å². The van der Waals surface area contributed by atoms with Crippen LogP contribution in [-0.4, -0.2) is 164 Å². The summed E-state index contributed by atoms with van der Waals surface area (Å²) in [7, 11) is 2.99. The summed E-state index contributed by atoms with van der Waals surface area (Å²) in [6, 6.07) is 34.5. The predicted octanol–water partition coefficient (Wildman–Crippen LogP) is 5.98. The van der Waals surface area contributed by atoms with Crippen LogP contribution in [0.25, 0.3) is 22.3 Å². The van der Waals surface area contributed by atoms with Gasteiger partial charge in [0.25, 0.3) is 11.8 Å². The Labute approximate surface area is 429 Å². The third-order valence-electron chi connectivity index (χ3n) is 13.7. The third-order valence-corrected chi connectivity index (χ3v) is 13.7. The standard InChI is InChI=1S/2C27H30N6O4/c2*1-19(34)32-14-12-31(13-15-32)18-25-28-26(30-37-25)24-16-23(29-36-2)17-33(24)27(35)22-10-8-21(9-11-22)20-6-4-3-5-7-20/h2*3-11,24H,12-18H2,1-2H3/b29-23-;/t2*24-/m00/s1. The third kappa shape index (κ3) is 12.2. The first-order chi connectivity index (χ1) is 36.0. The molecule has 0 unspecified atom stereocenters. The molecule has 0 aliphatic carbocycles. The molecule has 6 heterocycles. The maximum Gasteiger partial charge on any atom is 0.254 e. The van der Waals surface area contributed by atoms with E-state index >= 15 is 0 Å². The minimum atomic E-state index is -0.401. The van der Waals surface area contributed by atoms with Gasteiger partial charge in [-0.1, -0.05) is 106 Å². The molecule has 4 saturated heterocycles. The normalized spacial score (nSPS) is 19.4. The van der Waals surface area contributed by atoms with Gasteiger partial charge in [0.15, 0.2) is 11.6 Å². The lowest BCUT2D eigenvalue weighted by molar-refractivity contribution is -0.131. The van der Waals surface area contributed by atoms with E-state index in [1.54, 1.807) is 23.6 Å². The Morgan fingerprint density at radius 1 is 0.514 bits per heavy atom. The van der Waals surface area contributed by atoms with Gasteiger partial charge < -0.3 is 38.3 Å². The first-order valence-corrected chi connectivity index (χ1v) is 24.7. The second kappa shape index (κ2) is 23.6. The smallest absolute Gasteiger partial charge is 0.254 e. The number of hydrogen-bond donors (Lipinski definition) is 0. The molecule has 4 fully saturated rings. The summed E-state index contributed by atoms with van der Waals surface area (Å²) in [5, 5.41) is 16.6. The number of benzene rings is 4. The Kier molecular flexibility index (Phi) is 16.2. The Balaban J connectivity index is 0.000000182. The van der Waals surface area contributed by atoms with E-state index in [-0.39, 0.29) is 23.6 Å². The first kappa shape index (κ1) is 50.8.